The Bertz CT molecular complexity index is 607. The van der Waals surface area contributed by atoms with Crippen LogP contribution < -0.4 is 4.72 Å². The first-order valence-corrected chi connectivity index (χ1v) is 9.73. The van der Waals surface area contributed by atoms with Crippen LogP contribution in [0.1, 0.15) is 51.7 Å². The van der Waals surface area contributed by atoms with Gasteiger partial charge in [0.15, 0.2) is 0 Å². The van der Waals surface area contributed by atoms with Crippen molar-refractivity contribution < 1.29 is 4.21 Å². The molecule has 0 aliphatic rings. The van der Waals surface area contributed by atoms with Crippen LogP contribution in [0.2, 0.25) is 0 Å². The van der Waals surface area contributed by atoms with E-state index in [1.807, 2.05) is 32.9 Å². The summed E-state index contributed by atoms with van der Waals surface area (Å²) in [7, 11) is -1.11. The molecule has 24 heavy (non-hydrogen) atoms. The summed E-state index contributed by atoms with van der Waals surface area (Å²) in [5, 5.41) is 0. The molecule has 2 atom stereocenters. The molecule has 0 saturated heterocycles. The van der Waals surface area contributed by atoms with Crippen LogP contribution in [0.5, 0.6) is 0 Å². The smallest absolute Gasteiger partial charge is 0.0973 e. The lowest BCUT2D eigenvalue weighted by molar-refractivity contribution is 0.417. The van der Waals surface area contributed by atoms with E-state index in [4.69, 9.17) is 0 Å². The summed E-state index contributed by atoms with van der Waals surface area (Å²) < 4.78 is 15.9. The highest BCUT2D eigenvalue weighted by Crippen LogP contribution is 2.32. The van der Waals surface area contributed by atoms with Gasteiger partial charge in [-0.1, -0.05) is 74.5 Å². The van der Waals surface area contributed by atoms with E-state index >= 15 is 0 Å². The van der Waals surface area contributed by atoms with E-state index < -0.39 is 11.0 Å². The minimum atomic E-state index is -1.11. The van der Waals surface area contributed by atoms with E-state index in [9.17, 15) is 4.21 Å². The molecule has 0 aromatic heterocycles. The van der Waals surface area contributed by atoms with Gasteiger partial charge >= 0.3 is 0 Å². The predicted octanol–water partition coefficient (Wildman–Crippen LogP) is 4.89. The fourth-order valence-electron chi connectivity index (χ4n) is 2.82. The molecule has 2 aromatic carbocycles. The van der Waals surface area contributed by atoms with Gasteiger partial charge in [0, 0.05) is 12.0 Å². The van der Waals surface area contributed by atoms with Crippen molar-refractivity contribution in [3.8, 4) is 0 Å². The van der Waals surface area contributed by atoms with Crippen LogP contribution in [0.15, 0.2) is 60.7 Å². The molecule has 0 fully saturated rings. The third kappa shape index (κ3) is 4.78. The van der Waals surface area contributed by atoms with Gasteiger partial charge in [0.25, 0.3) is 0 Å². The van der Waals surface area contributed by atoms with Crippen LogP contribution >= 0.6 is 0 Å². The van der Waals surface area contributed by atoms with Gasteiger partial charge < -0.3 is 0 Å². The average Bonchev–Trinajstić information content (AvgIpc) is 2.55. The highest BCUT2D eigenvalue weighted by atomic mass is 32.2. The minimum absolute atomic E-state index is 0.0925. The van der Waals surface area contributed by atoms with E-state index in [1.54, 1.807) is 0 Å². The Morgan fingerprint density at radius 3 is 1.58 bits per heavy atom. The monoisotopic (exact) mass is 343 g/mol. The molecule has 1 N–H and O–H groups in total. The van der Waals surface area contributed by atoms with Crippen LogP contribution in [0.25, 0.3) is 0 Å². The summed E-state index contributed by atoms with van der Waals surface area (Å²) >= 11 is 0. The molecule has 0 radical (unpaired) electrons. The molecule has 2 rings (SSSR count). The third-order valence-electron chi connectivity index (χ3n) is 4.19. The highest BCUT2D eigenvalue weighted by molar-refractivity contribution is 7.84. The summed E-state index contributed by atoms with van der Waals surface area (Å²) in [5.41, 5.74) is 2.50. The van der Waals surface area contributed by atoms with Crippen molar-refractivity contribution in [2.24, 2.45) is 5.92 Å². The quantitative estimate of drug-likeness (QED) is 0.794. The SMILES string of the molecule is CC(C)[C@H](NS(=O)C(C)(C)C)C(c1ccccc1)c1ccccc1. The van der Waals surface area contributed by atoms with Crippen molar-refractivity contribution >= 4 is 11.0 Å². The van der Waals surface area contributed by atoms with E-state index in [2.05, 4.69) is 67.1 Å². The van der Waals surface area contributed by atoms with E-state index in [0.717, 1.165) is 0 Å². The maximum Gasteiger partial charge on any atom is 0.0973 e. The average molecular weight is 344 g/mol. The molecule has 0 aliphatic heterocycles. The molecule has 0 amide bonds. The van der Waals surface area contributed by atoms with Crippen LogP contribution in [-0.4, -0.2) is 15.0 Å². The summed E-state index contributed by atoms with van der Waals surface area (Å²) in [6.07, 6.45) is 0. The standard InChI is InChI=1S/C21H29NOS/c1-16(2)20(22-24(23)21(3,4)5)19(17-12-8-6-9-13-17)18-14-10-7-11-15-18/h6-16,19-20,22H,1-5H3/t20-,24?/m0/s1. The minimum Gasteiger partial charge on any atom is -0.242 e. The van der Waals surface area contributed by atoms with Gasteiger partial charge in [0.05, 0.1) is 15.7 Å². The van der Waals surface area contributed by atoms with Crippen molar-refractivity contribution in [3.63, 3.8) is 0 Å². The lowest BCUT2D eigenvalue weighted by Crippen LogP contribution is -2.45. The molecule has 130 valence electrons. The Hall–Kier alpha value is -1.45. The molecule has 1 unspecified atom stereocenters. The van der Waals surface area contributed by atoms with Crippen molar-refractivity contribution in [3.05, 3.63) is 71.8 Å². The van der Waals surface area contributed by atoms with Crippen LogP contribution in [0.4, 0.5) is 0 Å². The Morgan fingerprint density at radius 2 is 1.25 bits per heavy atom. The lowest BCUT2D eigenvalue weighted by Gasteiger charge is -2.33. The van der Waals surface area contributed by atoms with Crippen molar-refractivity contribution in [2.45, 2.75) is 51.3 Å². The summed E-state index contributed by atoms with van der Waals surface area (Å²) in [5.74, 6) is 0.514. The van der Waals surface area contributed by atoms with Gasteiger partial charge in [-0.25, -0.2) is 8.93 Å². The van der Waals surface area contributed by atoms with Gasteiger partial charge in [-0.2, -0.15) is 0 Å². The second kappa shape index (κ2) is 8.09. The largest absolute Gasteiger partial charge is 0.242 e. The van der Waals surface area contributed by atoms with Crippen LogP contribution in [-0.2, 0) is 11.0 Å². The molecule has 2 nitrogen and oxygen atoms in total. The zero-order valence-corrected chi connectivity index (χ0v) is 16.1. The van der Waals surface area contributed by atoms with Gasteiger partial charge in [-0.3, -0.25) is 0 Å². The summed E-state index contributed by atoms with van der Waals surface area (Å²) in [4.78, 5) is 0. The molecule has 0 spiro atoms. The van der Waals surface area contributed by atoms with Gasteiger partial charge in [0.2, 0.25) is 0 Å². The summed E-state index contributed by atoms with van der Waals surface area (Å²) in [6, 6.07) is 21.1. The van der Waals surface area contributed by atoms with Gasteiger partial charge in [0.1, 0.15) is 0 Å². The maximum atomic E-state index is 12.7. The zero-order chi connectivity index (χ0) is 17.7. The Balaban J connectivity index is 2.45. The molecule has 2 aromatic rings. The van der Waals surface area contributed by atoms with Crippen molar-refractivity contribution in [1.29, 1.82) is 0 Å². The van der Waals surface area contributed by atoms with Crippen LogP contribution in [0, 0.1) is 5.92 Å². The Kier molecular flexibility index (Phi) is 6.36. The summed E-state index contributed by atoms with van der Waals surface area (Å²) in [6.45, 7) is 10.4. The fraction of sp³-hybridized carbons (Fsp3) is 0.429. The van der Waals surface area contributed by atoms with E-state index in [0.29, 0.717) is 5.92 Å². The molecule has 0 bridgehead atoms. The second-order valence-corrected chi connectivity index (χ2v) is 9.57. The van der Waals surface area contributed by atoms with Crippen LogP contribution in [0.3, 0.4) is 0 Å². The highest BCUT2D eigenvalue weighted by Gasteiger charge is 2.31. The number of nitrogens with one attached hydrogen (secondary N) is 1. The molecule has 3 heteroatoms. The lowest BCUT2D eigenvalue weighted by atomic mass is 9.81. The second-order valence-electron chi connectivity index (χ2n) is 7.57. The zero-order valence-electron chi connectivity index (χ0n) is 15.3. The maximum absolute atomic E-state index is 12.7. The van der Waals surface area contributed by atoms with Gasteiger partial charge in [-0.05, 0) is 37.8 Å². The number of hydrogen-bond donors (Lipinski definition) is 1. The first-order valence-electron chi connectivity index (χ1n) is 8.58. The van der Waals surface area contributed by atoms with Crippen molar-refractivity contribution in [2.75, 3.05) is 0 Å². The first kappa shape index (κ1) is 18.9. The molecule has 0 aliphatic carbocycles. The fourth-order valence-corrected chi connectivity index (χ4v) is 3.83. The van der Waals surface area contributed by atoms with E-state index in [-0.39, 0.29) is 16.7 Å². The Morgan fingerprint density at radius 1 is 0.833 bits per heavy atom. The van der Waals surface area contributed by atoms with Crippen molar-refractivity contribution in [1.82, 2.24) is 4.72 Å². The normalized spacial score (nSPS) is 14.8. The molecular weight excluding hydrogens is 314 g/mol. The first-order chi connectivity index (χ1) is 11.3. The number of rotatable bonds is 6. The predicted molar refractivity (Wildman–Crippen MR) is 104 cm³/mol. The molecule has 0 saturated carbocycles. The molecule has 0 heterocycles. The Labute approximate surface area is 149 Å². The topological polar surface area (TPSA) is 29.1 Å². The molecular formula is C21H29NOS. The number of hydrogen-bond acceptors (Lipinski definition) is 1. The van der Waals surface area contributed by atoms with Gasteiger partial charge in [-0.15, -0.1) is 0 Å². The van der Waals surface area contributed by atoms with E-state index in [1.165, 1.54) is 11.1 Å². The number of benzene rings is 2. The third-order valence-corrected chi connectivity index (χ3v) is 5.79.